The molecule has 4 nitrogen and oxygen atoms in total. The van der Waals surface area contributed by atoms with E-state index in [1.54, 1.807) is 14.1 Å². The van der Waals surface area contributed by atoms with Gasteiger partial charge in [0, 0.05) is 26.4 Å². The fraction of sp³-hybridized carbons (Fsp3) is 0.429. The minimum atomic E-state index is -4.05. The molecule has 0 rings (SSSR count). The Morgan fingerprint density at radius 1 is 1.46 bits per heavy atom. The Balaban J connectivity index is 4.09. The third-order valence-corrected chi connectivity index (χ3v) is 0.883. The van der Waals surface area contributed by atoms with Crippen LogP contribution in [0.5, 0.6) is 0 Å². The van der Waals surface area contributed by atoms with Gasteiger partial charge in [0.25, 0.3) is 0 Å². The second-order valence-electron chi connectivity index (χ2n) is 2.38. The van der Waals surface area contributed by atoms with Crippen molar-refractivity contribution >= 4 is 12.3 Å². The maximum absolute atomic E-state index is 12.1. The highest BCUT2D eigenvalue weighted by Gasteiger charge is 2.32. The third-order valence-electron chi connectivity index (χ3n) is 0.883. The first-order chi connectivity index (χ1) is 5.87. The Labute approximate surface area is 73.8 Å². The van der Waals surface area contributed by atoms with Gasteiger partial charge in [0.15, 0.2) is 0 Å². The lowest BCUT2D eigenvalue weighted by Gasteiger charge is -2.08. The van der Waals surface area contributed by atoms with Crippen LogP contribution in [0.1, 0.15) is 0 Å². The number of rotatable bonds is 4. The highest BCUT2D eigenvalue weighted by molar-refractivity contribution is 5.83. The van der Waals surface area contributed by atoms with Crippen molar-refractivity contribution in [3.05, 3.63) is 12.3 Å². The number of ether oxygens (including phenoxy) is 1. The predicted octanol–water partition coefficient (Wildman–Crippen LogP) is 0.397. The number of esters is 1. The average Bonchev–Trinajstić information content (AvgIpc) is 2.00. The van der Waals surface area contributed by atoms with Crippen molar-refractivity contribution in [1.29, 1.82) is 0 Å². The van der Waals surface area contributed by atoms with Crippen LogP contribution in [0.3, 0.4) is 0 Å². The molecular formula is C7H9F2NO3. The Morgan fingerprint density at radius 3 is 2.38 bits per heavy atom. The number of carbonyl (C=O) groups excluding carboxylic acids is 2. The number of hydrogen-bond acceptors (Lipinski definition) is 4. The number of carbonyl (C=O) groups is 2. The fourth-order valence-corrected chi connectivity index (χ4v) is 0.402. The van der Waals surface area contributed by atoms with Crippen molar-refractivity contribution in [2.24, 2.45) is 0 Å². The van der Waals surface area contributed by atoms with Gasteiger partial charge < -0.3 is 9.64 Å². The minimum Gasteiger partial charge on any atom is -0.392 e. The van der Waals surface area contributed by atoms with Gasteiger partial charge >= 0.3 is 12.1 Å². The van der Waals surface area contributed by atoms with Gasteiger partial charge in [-0.15, -0.1) is 0 Å². The van der Waals surface area contributed by atoms with Gasteiger partial charge in [-0.2, -0.15) is 8.78 Å². The summed E-state index contributed by atoms with van der Waals surface area (Å²) in [5.41, 5.74) is 0. The van der Waals surface area contributed by atoms with Gasteiger partial charge in [-0.3, -0.25) is 4.79 Å². The van der Waals surface area contributed by atoms with Crippen molar-refractivity contribution in [3.63, 3.8) is 0 Å². The Kier molecular flexibility index (Phi) is 4.03. The summed E-state index contributed by atoms with van der Waals surface area (Å²) in [6.45, 7) is 0. The highest BCUT2D eigenvalue weighted by atomic mass is 19.3. The van der Waals surface area contributed by atoms with E-state index in [4.69, 9.17) is 0 Å². The molecule has 0 bridgehead atoms. The smallest absolute Gasteiger partial charge is 0.392 e. The molecule has 6 heteroatoms. The zero-order valence-electron chi connectivity index (χ0n) is 7.16. The number of aldehydes is 1. The van der Waals surface area contributed by atoms with Gasteiger partial charge in [0.1, 0.15) is 0 Å². The maximum Gasteiger partial charge on any atom is 0.460 e. The van der Waals surface area contributed by atoms with Gasteiger partial charge in [0.2, 0.25) is 6.29 Å². The Hall–Kier alpha value is -1.46. The molecule has 0 radical (unpaired) electrons. The second kappa shape index (κ2) is 4.54. The molecule has 0 atom stereocenters. The average molecular weight is 193 g/mol. The molecule has 0 aliphatic carbocycles. The van der Waals surface area contributed by atoms with Crippen molar-refractivity contribution in [2.75, 3.05) is 14.1 Å². The summed E-state index contributed by atoms with van der Waals surface area (Å²) in [5.74, 6) is -1.27. The van der Waals surface area contributed by atoms with E-state index in [0.717, 1.165) is 6.08 Å². The molecule has 0 aliphatic rings. The minimum absolute atomic E-state index is 0.742. The zero-order valence-corrected chi connectivity index (χ0v) is 7.16. The summed E-state index contributed by atoms with van der Waals surface area (Å²) in [5, 5.41) is 0. The monoisotopic (exact) mass is 193 g/mol. The van der Waals surface area contributed by atoms with Gasteiger partial charge in [-0.05, 0) is 0 Å². The van der Waals surface area contributed by atoms with E-state index in [-0.39, 0.29) is 0 Å². The fourth-order valence-electron chi connectivity index (χ4n) is 0.402. The van der Waals surface area contributed by atoms with Crippen LogP contribution in [0, 0.1) is 0 Å². The molecule has 13 heavy (non-hydrogen) atoms. The molecule has 0 aromatic carbocycles. The highest BCUT2D eigenvalue weighted by Crippen LogP contribution is 2.11. The molecule has 0 unspecified atom stereocenters. The summed E-state index contributed by atoms with van der Waals surface area (Å²) in [7, 11) is 3.20. The molecule has 0 saturated carbocycles. The quantitative estimate of drug-likeness (QED) is 0.368. The maximum atomic E-state index is 12.1. The predicted molar refractivity (Wildman–Crippen MR) is 39.9 cm³/mol. The second-order valence-corrected chi connectivity index (χ2v) is 2.38. The number of hydrogen-bond donors (Lipinski definition) is 0. The molecule has 0 N–H and O–H groups in total. The van der Waals surface area contributed by atoms with Crippen LogP contribution in [0.15, 0.2) is 12.3 Å². The summed E-state index contributed by atoms with van der Waals surface area (Å²) in [4.78, 5) is 21.6. The molecule has 0 amide bonds. The van der Waals surface area contributed by atoms with Crippen LogP contribution in [0.25, 0.3) is 0 Å². The Morgan fingerprint density at radius 2 is 2.00 bits per heavy atom. The van der Waals surface area contributed by atoms with E-state index in [9.17, 15) is 18.4 Å². The first-order valence-electron chi connectivity index (χ1n) is 3.29. The van der Waals surface area contributed by atoms with E-state index >= 15 is 0 Å². The van der Waals surface area contributed by atoms with Crippen molar-refractivity contribution in [2.45, 2.75) is 6.11 Å². The van der Waals surface area contributed by atoms with Crippen LogP contribution in [0.4, 0.5) is 8.78 Å². The van der Waals surface area contributed by atoms with Crippen molar-refractivity contribution in [3.8, 4) is 0 Å². The van der Waals surface area contributed by atoms with Crippen LogP contribution in [-0.4, -0.2) is 37.4 Å². The largest absolute Gasteiger partial charge is 0.460 e. The SMILES string of the molecule is CN(C)C=CC(=O)OC(F)(F)C=O. The summed E-state index contributed by atoms with van der Waals surface area (Å²) in [6.07, 6.45) is -2.78. The summed E-state index contributed by atoms with van der Waals surface area (Å²) >= 11 is 0. The molecule has 0 aromatic heterocycles. The van der Waals surface area contributed by atoms with E-state index in [1.807, 2.05) is 0 Å². The lowest BCUT2D eigenvalue weighted by atomic mass is 10.6. The zero-order chi connectivity index (χ0) is 10.5. The number of alkyl halides is 2. The molecule has 0 heterocycles. The molecular weight excluding hydrogens is 184 g/mol. The normalized spacial score (nSPS) is 11.4. The van der Waals surface area contributed by atoms with Gasteiger partial charge in [-0.25, -0.2) is 4.79 Å². The van der Waals surface area contributed by atoms with Crippen LogP contribution in [0.2, 0.25) is 0 Å². The van der Waals surface area contributed by atoms with Gasteiger partial charge in [0.05, 0.1) is 0 Å². The number of nitrogens with zero attached hydrogens (tertiary/aromatic N) is 1. The van der Waals surface area contributed by atoms with E-state index in [1.165, 1.54) is 11.1 Å². The third kappa shape index (κ3) is 5.77. The summed E-state index contributed by atoms with van der Waals surface area (Å²) in [6, 6.07) is 0. The molecule has 0 fully saturated rings. The standard InChI is InChI=1S/C7H9F2NO3/c1-10(2)4-3-6(12)13-7(8,9)5-11/h3-5H,1-2H3. The molecule has 0 spiro atoms. The first kappa shape index (κ1) is 11.5. The van der Waals surface area contributed by atoms with Crippen LogP contribution in [-0.2, 0) is 14.3 Å². The van der Waals surface area contributed by atoms with Crippen molar-refractivity contribution in [1.82, 2.24) is 4.90 Å². The molecule has 0 saturated heterocycles. The molecule has 74 valence electrons. The van der Waals surface area contributed by atoms with Gasteiger partial charge in [-0.1, -0.05) is 0 Å². The van der Waals surface area contributed by atoms with E-state index in [0.29, 0.717) is 0 Å². The lowest BCUT2D eigenvalue weighted by Crippen LogP contribution is -2.25. The van der Waals surface area contributed by atoms with Crippen LogP contribution < -0.4 is 0 Å². The topological polar surface area (TPSA) is 46.6 Å². The summed E-state index contributed by atoms with van der Waals surface area (Å²) < 4.78 is 27.6. The number of halogens is 2. The lowest BCUT2D eigenvalue weighted by molar-refractivity contribution is -0.214. The Bertz CT molecular complexity index is 226. The molecule has 0 aromatic rings. The van der Waals surface area contributed by atoms with Crippen molar-refractivity contribution < 1.29 is 23.1 Å². The van der Waals surface area contributed by atoms with E-state index < -0.39 is 18.4 Å². The van der Waals surface area contributed by atoms with Crippen LogP contribution >= 0.6 is 0 Å². The molecule has 0 aliphatic heterocycles. The first-order valence-corrected chi connectivity index (χ1v) is 3.29. The van der Waals surface area contributed by atoms with E-state index in [2.05, 4.69) is 4.74 Å².